The average molecular weight is 457 g/mol. The Morgan fingerprint density at radius 3 is 2.72 bits per heavy atom. The number of carbonyl (C=O) groups excluding carboxylic acids is 1. The Morgan fingerprint density at radius 1 is 1.31 bits per heavy atom. The van der Waals surface area contributed by atoms with E-state index in [-0.39, 0.29) is 18.4 Å². The molecule has 32 heavy (non-hydrogen) atoms. The lowest BCUT2D eigenvalue weighted by atomic mass is 9.97. The van der Waals surface area contributed by atoms with Crippen LogP contribution >= 0.6 is 0 Å². The zero-order valence-electron chi connectivity index (χ0n) is 17.5. The molecule has 1 fully saturated rings. The lowest BCUT2D eigenvalue weighted by molar-refractivity contribution is -0.137. The molecule has 176 valence electrons. The number of hydrogen-bond acceptors (Lipinski definition) is 6. The monoisotopic (exact) mass is 457 g/mol. The summed E-state index contributed by atoms with van der Waals surface area (Å²) in [4.78, 5) is 12.3. The van der Waals surface area contributed by atoms with Gasteiger partial charge in [-0.2, -0.15) is 13.2 Å². The van der Waals surface area contributed by atoms with Crippen molar-refractivity contribution in [1.29, 1.82) is 0 Å². The first-order chi connectivity index (χ1) is 15.3. The van der Waals surface area contributed by atoms with Crippen LogP contribution in [0, 0.1) is 0 Å². The number of aryl methyl sites for hydroxylation is 1. The van der Waals surface area contributed by atoms with E-state index < -0.39 is 29.9 Å². The van der Waals surface area contributed by atoms with Crippen molar-refractivity contribution in [3.8, 4) is 0 Å². The number of anilines is 1. The normalized spacial score (nSPS) is 21.3. The number of amides is 2. The van der Waals surface area contributed by atoms with Gasteiger partial charge in [0.15, 0.2) is 0 Å². The Hall–Kier alpha value is -2.70. The summed E-state index contributed by atoms with van der Waals surface area (Å²) >= 11 is 0. The van der Waals surface area contributed by atoms with Gasteiger partial charge in [-0.15, -0.1) is 5.10 Å². The van der Waals surface area contributed by atoms with Gasteiger partial charge in [-0.3, -0.25) is 4.68 Å². The maximum Gasteiger partial charge on any atom is 0.416 e. The van der Waals surface area contributed by atoms with Crippen molar-refractivity contribution in [2.75, 3.05) is 19.0 Å². The molecule has 1 aliphatic heterocycles. The Kier molecular flexibility index (Phi) is 8.04. The van der Waals surface area contributed by atoms with E-state index in [9.17, 15) is 23.1 Å². The lowest BCUT2D eigenvalue weighted by Crippen LogP contribution is -2.52. The number of halogens is 3. The van der Waals surface area contributed by atoms with E-state index in [0.717, 1.165) is 17.8 Å². The number of nitrogens with one attached hydrogen (secondary N) is 2. The summed E-state index contributed by atoms with van der Waals surface area (Å²) < 4.78 is 50.6. The van der Waals surface area contributed by atoms with E-state index in [0.29, 0.717) is 32.4 Å². The van der Waals surface area contributed by atoms with Gasteiger partial charge in [-0.05, 0) is 43.5 Å². The number of methoxy groups -OCH3 is 1. The number of ether oxygens (including phenoxy) is 2. The van der Waals surface area contributed by atoms with Gasteiger partial charge in [-0.25, -0.2) is 4.79 Å². The van der Waals surface area contributed by atoms with Crippen LogP contribution in [0.25, 0.3) is 0 Å². The Morgan fingerprint density at radius 2 is 2.06 bits per heavy atom. The molecule has 2 amide bonds. The number of urea groups is 1. The smallest absolute Gasteiger partial charge is 0.394 e. The maximum absolute atomic E-state index is 12.6. The minimum absolute atomic E-state index is 0.113. The molecule has 0 unspecified atom stereocenters. The van der Waals surface area contributed by atoms with Crippen LogP contribution in [-0.2, 0) is 28.8 Å². The summed E-state index contributed by atoms with van der Waals surface area (Å²) in [6.07, 6.45) is -1.43. The van der Waals surface area contributed by atoms with Crippen molar-refractivity contribution in [1.82, 2.24) is 20.3 Å². The van der Waals surface area contributed by atoms with Crippen LogP contribution in [0.15, 0.2) is 30.5 Å². The van der Waals surface area contributed by atoms with Crippen molar-refractivity contribution in [2.45, 2.75) is 56.8 Å². The number of aliphatic hydroxyl groups excluding tert-OH is 1. The minimum atomic E-state index is -4.44. The maximum atomic E-state index is 12.6. The van der Waals surface area contributed by atoms with E-state index in [1.165, 1.54) is 12.1 Å². The van der Waals surface area contributed by atoms with E-state index in [2.05, 4.69) is 20.9 Å². The highest BCUT2D eigenvalue weighted by Gasteiger charge is 2.32. The van der Waals surface area contributed by atoms with Gasteiger partial charge in [0.1, 0.15) is 11.8 Å². The van der Waals surface area contributed by atoms with E-state index in [4.69, 9.17) is 9.47 Å². The van der Waals surface area contributed by atoms with Gasteiger partial charge in [0, 0.05) is 19.3 Å². The Balaban J connectivity index is 1.46. The first-order valence-electron chi connectivity index (χ1n) is 10.2. The third kappa shape index (κ3) is 6.65. The standard InChI is InChI=1S/C20H26F3N5O4/c1-31-12-15-10-28(27-26-15)9-8-16-6-7-17(18(11-29)32-16)25-19(30)24-14-4-2-13(3-5-14)20(21,22)23/h2-5,10,16-18,29H,6-9,11-12H2,1H3,(H2,24,25,30)/t16-,17+,18+/m1/s1. The molecule has 12 heteroatoms. The first-order valence-corrected chi connectivity index (χ1v) is 10.2. The molecule has 9 nitrogen and oxygen atoms in total. The Labute approximate surface area is 182 Å². The van der Waals surface area contributed by atoms with Crippen molar-refractivity contribution < 1.29 is 32.5 Å². The number of aromatic nitrogens is 3. The number of benzene rings is 1. The third-order valence-corrected chi connectivity index (χ3v) is 5.14. The molecular formula is C20H26F3N5O4. The number of nitrogens with zero attached hydrogens (tertiary/aromatic N) is 3. The summed E-state index contributed by atoms with van der Waals surface area (Å²) in [5, 5.41) is 22.9. The van der Waals surface area contributed by atoms with Crippen molar-refractivity contribution in [2.24, 2.45) is 0 Å². The second-order valence-electron chi connectivity index (χ2n) is 7.53. The lowest BCUT2D eigenvalue weighted by Gasteiger charge is -2.36. The summed E-state index contributed by atoms with van der Waals surface area (Å²) in [7, 11) is 1.58. The fraction of sp³-hybridized carbons (Fsp3) is 0.550. The number of rotatable bonds is 8. The van der Waals surface area contributed by atoms with E-state index >= 15 is 0 Å². The van der Waals surface area contributed by atoms with Gasteiger partial charge >= 0.3 is 12.2 Å². The average Bonchev–Trinajstić information content (AvgIpc) is 3.20. The second-order valence-corrected chi connectivity index (χ2v) is 7.53. The van der Waals surface area contributed by atoms with Crippen molar-refractivity contribution >= 4 is 11.7 Å². The first kappa shape index (κ1) is 24.0. The predicted molar refractivity (Wildman–Crippen MR) is 108 cm³/mol. The van der Waals surface area contributed by atoms with Crippen LogP contribution < -0.4 is 10.6 Å². The van der Waals surface area contributed by atoms with Gasteiger partial charge < -0.3 is 25.2 Å². The zero-order chi connectivity index (χ0) is 23.1. The van der Waals surface area contributed by atoms with Crippen molar-refractivity contribution in [3.05, 3.63) is 41.7 Å². The molecule has 0 aliphatic carbocycles. The zero-order valence-corrected chi connectivity index (χ0v) is 17.5. The topological polar surface area (TPSA) is 111 Å². The molecule has 0 bridgehead atoms. The molecule has 0 spiro atoms. The fourth-order valence-electron chi connectivity index (χ4n) is 3.53. The molecule has 1 aliphatic rings. The van der Waals surface area contributed by atoms with Gasteiger partial charge in [0.05, 0.1) is 37.1 Å². The molecule has 0 radical (unpaired) electrons. The summed E-state index contributed by atoms with van der Waals surface area (Å²) in [6, 6.07) is 3.15. The minimum Gasteiger partial charge on any atom is -0.394 e. The summed E-state index contributed by atoms with van der Waals surface area (Å²) in [5.41, 5.74) is 0.163. The molecule has 2 heterocycles. The van der Waals surface area contributed by atoms with Crippen LogP contribution in [-0.4, -0.2) is 58.1 Å². The SMILES string of the molecule is COCc1cn(CC[C@H]2CC[C@H](NC(=O)Nc3ccc(C(F)(F)F)cc3)[C@H](CO)O2)nn1. The molecule has 1 aromatic carbocycles. The molecule has 3 rings (SSSR count). The highest BCUT2D eigenvalue weighted by Crippen LogP contribution is 2.30. The number of carbonyl (C=O) groups is 1. The van der Waals surface area contributed by atoms with Crippen LogP contribution in [0.4, 0.5) is 23.7 Å². The number of alkyl halides is 3. The molecule has 3 N–H and O–H groups in total. The third-order valence-electron chi connectivity index (χ3n) is 5.14. The Bertz CT molecular complexity index is 875. The second kappa shape index (κ2) is 10.7. The quantitative estimate of drug-likeness (QED) is 0.562. The highest BCUT2D eigenvalue weighted by atomic mass is 19.4. The predicted octanol–water partition coefficient (Wildman–Crippen LogP) is 2.56. The van der Waals surface area contributed by atoms with Gasteiger partial charge in [0.2, 0.25) is 0 Å². The molecule has 0 saturated carbocycles. The number of hydrogen-bond donors (Lipinski definition) is 3. The number of aliphatic hydroxyl groups is 1. The van der Waals surface area contributed by atoms with Crippen molar-refractivity contribution in [3.63, 3.8) is 0 Å². The summed E-state index contributed by atoms with van der Waals surface area (Å²) in [5.74, 6) is 0. The molecular weight excluding hydrogens is 431 g/mol. The molecule has 3 atom stereocenters. The van der Waals surface area contributed by atoms with Crippen LogP contribution in [0.3, 0.4) is 0 Å². The van der Waals surface area contributed by atoms with Crippen LogP contribution in [0.1, 0.15) is 30.5 Å². The van der Waals surface area contributed by atoms with Gasteiger partial charge in [0.25, 0.3) is 0 Å². The van der Waals surface area contributed by atoms with E-state index in [1.807, 2.05) is 0 Å². The fourth-order valence-corrected chi connectivity index (χ4v) is 3.53. The van der Waals surface area contributed by atoms with Crippen LogP contribution in [0.5, 0.6) is 0 Å². The van der Waals surface area contributed by atoms with Crippen LogP contribution in [0.2, 0.25) is 0 Å². The van der Waals surface area contributed by atoms with Gasteiger partial charge in [-0.1, -0.05) is 5.21 Å². The largest absolute Gasteiger partial charge is 0.416 e. The summed E-state index contributed by atoms with van der Waals surface area (Å²) in [6.45, 7) is 0.698. The highest BCUT2D eigenvalue weighted by molar-refractivity contribution is 5.89. The molecule has 1 saturated heterocycles. The molecule has 2 aromatic rings. The van der Waals surface area contributed by atoms with E-state index in [1.54, 1.807) is 18.0 Å². The molecule has 1 aromatic heterocycles.